The van der Waals surface area contributed by atoms with E-state index in [4.69, 9.17) is 0 Å². The van der Waals surface area contributed by atoms with E-state index < -0.39 is 0 Å². The summed E-state index contributed by atoms with van der Waals surface area (Å²) in [6.07, 6.45) is 6.89. The number of aryl methyl sites for hydroxylation is 1. The molecule has 0 fully saturated rings. The van der Waals surface area contributed by atoms with Crippen LogP contribution in [0.1, 0.15) is 16.9 Å². The van der Waals surface area contributed by atoms with Crippen molar-refractivity contribution in [3.63, 3.8) is 0 Å². The van der Waals surface area contributed by atoms with Crippen LogP contribution in [-0.2, 0) is 6.42 Å². The van der Waals surface area contributed by atoms with Crippen molar-refractivity contribution in [3.05, 3.63) is 217 Å². The Morgan fingerprint density at radius 1 is 0.386 bits per heavy atom. The number of nitrogens with one attached hydrogen (secondary N) is 1. The summed E-state index contributed by atoms with van der Waals surface area (Å²) in [5.74, 6) is 0. The van der Waals surface area contributed by atoms with E-state index in [1.165, 1.54) is 156 Å². The molecule has 0 spiro atoms. The lowest BCUT2D eigenvalue weighted by atomic mass is 9.90. The Morgan fingerprint density at radius 3 is 1.86 bits per heavy atom. The van der Waals surface area contributed by atoms with Gasteiger partial charge in [-0.05, 0) is 156 Å². The van der Waals surface area contributed by atoms with E-state index in [9.17, 15) is 0 Å². The van der Waals surface area contributed by atoms with Crippen LogP contribution in [0.25, 0.3) is 151 Å². The highest BCUT2D eigenvalue weighted by atomic mass is 32.1. The number of aromatic nitrogens is 2. The molecule has 326 valence electrons. The summed E-state index contributed by atoms with van der Waals surface area (Å²) in [7, 11) is 0. The molecular weight excluding hydrogens is 885 g/mol. The molecule has 11 aromatic carbocycles. The molecule has 0 radical (unpaired) electrons. The molecule has 4 aromatic heterocycles. The van der Waals surface area contributed by atoms with E-state index in [0.717, 1.165) is 12.8 Å². The molecule has 70 heavy (non-hydrogen) atoms. The minimum atomic E-state index is 1.12. The molecule has 0 saturated heterocycles. The number of nitrogens with zero attached hydrogens (tertiary/aromatic N) is 1. The monoisotopic (exact) mass is 924 g/mol. The van der Waals surface area contributed by atoms with Crippen LogP contribution in [0.15, 0.2) is 206 Å². The Balaban J connectivity index is 0.858. The van der Waals surface area contributed by atoms with Gasteiger partial charge in [-0.25, -0.2) is 0 Å². The Labute approximate surface area is 410 Å². The summed E-state index contributed by atoms with van der Waals surface area (Å²) >= 11 is 3.85. The molecule has 0 atom stereocenters. The first-order chi connectivity index (χ1) is 34.7. The van der Waals surface area contributed by atoms with E-state index in [-0.39, 0.29) is 0 Å². The number of thiophene rings is 2. The molecule has 0 unspecified atom stereocenters. The Kier molecular flexibility index (Phi) is 8.07. The van der Waals surface area contributed by atoms with Gasteiger partial charge in [-0.1, -0.05) is 146 Å². The van der Waals surface area contributed by atoms with Gasteiger partial charge in [0.05, 0.1) is 11.0 Å². The second-order valence-electron chi connectivity index (χ2n) is 19.1. The average Bonchev–Trinajstić information content (AvgIpc) is 4.19. The van der Waals surface area contributed by atoms with Gasteiger partial charge in [0.2, 0.25) is 0 Å². The fraction of sp³-hybridized carbons (Fsp3) is 0.0303. The third kappa shape index (κ3) is 5.49. The van der Waals surface area contributed by atoms with Gasteiger partial charge in [-0.15, -0.1) is 22.7 Å². The van der Waals surface area contributed by atoms with Crippen LogP contribution in [-0.4, -0.2) is 9.55 Å². The van der Waals surface area contributed by atoms with Crippen LogP contribution < -0.4 is 0 Å². The zero-order chi connectivity index (χ0) is 45.6. The zero-order valence-corrected chi connectivity index (χ0v) is 39.5. The molecule has 4 heterocycles. The second-order valence-corrected chi connectivity index (χ2v) is 21.2. The highest BCUT2D eigenvalue weighted by Crippen LogP contribution is 2.47. The van der Waals surface area contributed by atoms with Crippen LogP contribution >= 0.6 is 22.7 Å². The van der Waals surface area contributed by atoms with Gasteiger partial charge in [0, 0.05) is 68.0 Å². The summed E-state index contributed by atoms with van der Waals surface area (Å²) in [5, 5.41) is 16.7. The molecule has 1 N–H and O–H groups in total. The number of aromatic amines is 1. The molecule has 0 bridgehead atoms. The number of rotatable bonds is 4. The molecule has 1 aliphatic carbocycles. The number of allylic oxidation sites excluding steroid dienone is 1. The van der Waals surface area contributed by atoms with Crippen molar-refractivity contribution < 1.29 is 0 Å². The largest absolute Gasteiger partial charge is 0.355 e. The summed E-state index contributed by atoms with van der Waals surface area (Å²) in [5.41, 5.74) is 15.1. The third-order valence-corrected chi connectivity index (χ3v) is 17.8. The zero-order valence-electron chi connectivity index (χ0n) is 37.9. The van der Waals surface area contributed by atoms with Crippen LogP contribution in [0.3, 0.4) is 0 Å². The molecule has 16 rings (SSSR count). The van der Waals surface area contributed by atoms with E-state index >= 15 is 0 Å². The minimum absolute atomic E-state index is 1.12. The summed E-state index contributed by atoms with van der Waals surface area (Å²) in [6, 6.07) is 75.4. The molecule has 15 aromatic rings. The number of fused-ring (bicyclic) bond motifs is 18. The number of benzene rings is 11. The molecule has 2 nitrogen and oxygen atoms in total. The van der Waals surface area contributed by atoms with Crippen LogP contribution in [0.4, 0.5) is 0 Å². The smallest absolute Gasteiger partial charge is 0.0541 e. The molecule has 0 amide bonds. The van der Waals surface area contributed by atoms with E-state index in [2.05, 4.69) is 222 Å². The van der Waals surface area contributed by atoms with Gasteiger partial charge < -0.3 is 9.55 Å². The highest BCUT2D eigenvalue weighted by Gasteiger charge is 2.21. The number of para-hydroxylation sites is 2. The lowest BCUT2D eigenvalue weighted by Gasteiger charge is -2.15. The fourth-order valence-electron chi connectivity index (χ4n) is 12.2. The van der Waals surface area contributed by atoms with E-state index in [1.807, 2.05) is 22.7 Å². The van der Waals surface area contributed by atoms with Crippen LogP contribution in [0.2, 0.25) is 0 Å². The summed E-state index contributed by atoms with van der Waals surface area (Å²) < 4.78 is 6.50. The first-order valence-electron chi connectivity index (χ1n) is 24.3. The maximum Gasteiger partial charge on any atom is 0.0541 e. The van der Waals surface area contributed by atoms with Crippen molar-refractivity contribution in [3.8, 4) is 39.1 Å². The maximum atomic E-state index is 3.61. The molecule has 0 saturated carbocycles. The predicted octanol–water partition coefficient (Wildman–Crippen LogP) is 19.4. The van der Waals surface area contributed by atoms with Crippen molar-refractivity contribution in [2.24, 2.45) is 0 Å². The van der Waals surface area contributed by atoms with Gasteiger partial charge in [0.1, 0.15) is 0 Å². The third-order valence-electron chi connectivity index (χ3n) is 15.4. The fourth-order valence-corrected chi connectivity index (χ4v) is 14.8. The second kappa shape index (κ2) is 14.6. The average molecular weight is 925 g/mol. The van der Waals surface area contributed by atoms with E-state index in [0.29, 0.717) is 0 Å². The van der Waals surface area contributed by atoms with Crippen molar-refractivity contribution in [1.82, 2.24) is 9.55 Å². The Bertz CT molecular complexity index is 4780. The normalized spacial score (nSPS) is 13.0. The molecule has 4 heteroatoms. The number of hydrogen-bond donors (Lipinski definition) is 1. The summed E-state index contributed by atoms with van der Waals surface area (Å²) in [4.78, 5) is 5.03. The SMILES string of the molecule is C1=Cc2sc3c(-c4ccc5c(c4)c4ccccc4n5-c4ccc5c6ccccc6c6cc(-c7cccc8sc9c(-c%10ccc%11[nH]c%12ccccc%12c%11c%10)cccc9c78)ccc6c5c4)cccc3c2CC1. The van der Waals surface area contributed by atoms with Crippen molar-refractivity contribution in [2.45, 2.75) is 12.8 Å². The maximum absolute atomic E-state index is 3.61. The quantitative estimate of drug-likeness (QED) is 0.170. The molecule has 1 aliphatic rings. The first-order valence-corrected chi connectivity index (χ1v) is 25.9. The predicted molar refractivity (Wildman–Crippen MR) is 305 cm³/mol. The first kappa shape index (κ1) is 38.7. The van der Waals surface area contributed by atoms with Gasteiger partial charge >= 0.3 is 0 Å². The lowest BCUT2D eigenvalue weighted by molar-refractivity contribution is 1.01. The van der Waals surface area contributed by atoms with Gasteiger partial charge in [0.15, 0.2) is 0 Å². The Hall–Kier alpha value is -8.28. The van der Waals surface area contributed by atoms with Crippen molar-refractivity contribution in [2.75, 3.05) is 0 Å². The molecule has 0 aliphatic heterocycles. The Morgan fingerprint density at radius 2 is 0.971 bits per heavy atom. The van der Waals surface area contributed by atoms with Crippen molar-refractivity contribution >= 4 is 135 Å². The standard InChI is InChI=1S/C66H40N2S2/c1-2-13-46-45(12-1)47-31-29-41(68-60-23-7-4-15-50(60)57-36-40(28-33-61(57)68)43-18-9-20-52-51-16-5-8-24-62(51)69-65(43)52)37-55(47)48-30-26-38(34-54(46)48)42-17-11-25-63-64(42)53-21-10-19-44(66(53)70-63)39-27-32-59-56(35-39)49-14-3-6-22-58(49)67-59/h1-4,6-15,17-37,67H,5,16H2. The number of hydrogen-bond acceptors (Lipinski definition) is 2. The van der Waals surface area contributed by atoms with Gasteiger partial charge in [-0.3, -0.25) is 0 Å². The van der Waals surface area contributed by atoms with Crippen LogP contribution in [0, 0.1) is 0 Å². The highest BCUT2D eigenvalue weighted by molar-refractivity contribution is 7.26. The van der Waals surface area contributed by atoms with Gasteiger partial charge in [0.25, 0.3) is 0 Å². The minimum Gasteiger partial charge on any atom is -0.355 e. The summed E-state index contributed by atoms with van der Waals surface area (Å²) in [6.45, 7) is 0. The van der Waals surface area contributed by atoms with Crippen molar-refractivity contribution in [1.29, 1.82) is 0 Å². The van der Waals surface area contributed by atoms with Crippen LogP contribution in [0.5, 0.6) is 0 Å². The van der Waals surface area contributed by atoms with E-state index in [1.54, 1.807) is 0 Å². The topological polar surface area (TPSA) is 20.7 Å². The molecular formula is C66H40N2S2. The van der Waals surface area contributed by atoms with Gasteiger partial charge in [-0.2, -0.15) is 0 Å². The lowest BCUT2D eigenvalue weighted by Crippen LogP contribution is -1.94. The number of H-pyrrole nitrogens is 1.